The van der Waals surface area contributed by atoms with Gasteiger partial charge in [0, 0.05) is 62.5 Å². The van der Waals surface area contributed by atoms with Crippen molar-refractivity contribution < 1.29 is 14.3 Å². The Hall–Kier alpha value is -4.71. The highest BCUT2D eigenvalue weighted by Gasteiger charge is 2.22. The molecule has 2 aromatic carbocycles. The topological polar surface area (TPSA) is 119 Å². The monoisotopic (exact) mass is 622 g/mol. The van der Waals surface area contributed by atoms with Gasteiger partial charge in [-0.05, 0) is 30.0 Å². The van der Waals surface area contributed by atoms with Crippen LogP contribution in [0.2, 0.25) is 0 Å². The van der Waals surface area contributed by atoms with E-state index in [0.717, 1.165) is 46.4 Å². The molecule has 2 amide bonds. The van der Waals surface area contributed by atoms with Crippen molar-refractivity contribution in [2.75, 3.05) is 51.2 Å². The van der Waals surface area contributed by atoms with Crippen LogP contribution in [-0.4, -0.2) is 76.2 Å². The van der Waals surface area contributed by atoms with Crippen molar-refractivity contribution in [3.8, 4) is 16.8 Å². The summed E-state index contributed by atoms with van der Waals surface area (Å²) < 4.78 is 12.2. The Morgan fingerprint density at radius 3 is 2.20 bits per heavy atom. The number of aromatic nitrogens is 5. The fraction of sp³-hybridized carbons (Fsp3) is 0.343. The maximum atomic E-state index is 13.4. The number of hydrogen-bond acceptors (Lipinski definition) is 8. The van der Waals surface area contributed by atoms with Crippen molar-refractivity contribution in [3.63, 3.8) is 0 Å². The Bertz CT molecular complexity index is 1750. The molecule has 11 heteroatoms. The predicted octanol–water partition coefficient (Wildman–Crippen LogP) is 6.22. The molecule has 240 valence electrons. The number of hydrogen-bond donors (Lipinski definition) is 2. The van der Waals surface area contributed by atoms with Gasteiger partial charge in [-0.1, -0.05) is 57.2 Å². The molecule has 0 bridgehead atoms. The van der Waals surface area contributed by atoms with Crippen LogP contribution in [0.1, 0.15) is 38.0 Å². The smallest absolute Gasteiger partial charge is 0.324 e. The molecule has 0 saturated heterocycles. The van der Waals surface area contributed by atoms with Gasteiger partial charge >= 0.3 is 6.03 Å². The normalized spacial score (nSPS) is 11.7. The summed E-state index contributed by atoms with van der Waals surface area (Å²) in [7, 11) is 3.42. The molecular formula is C35H42N8O3. The highest BCUT2D eigenvalue weighted by molar-refractivity contribution is 6.09. The second-order valence-electron chi connectivity index (χ2n) is 12.2. The third kappa shape index (κ3) is 7.92. The third-order valence-electron chi connectivity index (χ3n) is 7.65. The molecule has 0 atom stereocenters. The quantitative estimate of drug-likeness (QED) is 0.168. The number of carbonyl (C=O) groups is 1. The first-order chi connectivity index (χ1) is 22.2. The molecule has 46 heavy (non-hydrogen) atoms. The van der Waals surface area contributed by atoms with Gasteiger partial charge in [-0.3, -0.25) is 15.2 Å². The van der Waals surface area contributed by atoms with Gasteiger partial charge in [-0.15, -0.1) is 0 Å². The number of nitrogens with zero attached hydrogens (tertiary/aromatic N) is 6. The van der Waals surface area contributed by atoms with Gasteiger partial charge < -0.3 is 14.8 Å². The van der Waals surface area contributed by atoms with Crippen molar-refractivity contribution in [2.24, 2.45) is 0 Å². The van der Waals surface area contributed by atoms with E-state index in [1.807, 2.05) is 49.5 Å². The van der Waals surface area contributed by atoms with Gasteiger partial charge in [0.25, 0.3) is 0 Å². The van der Waals surface area contributed by atoms with E-state index in [9.17, 15) is 4.79 Å². The summed E-state index contributed by atoms with van der Waals surface area (Å²) in [6.45, 7) is 11.7. The van der Waals surface area contributed by atoms with E-state index in [4.69, 9.17) is 19.6 Å². The Morgan fingerprint density at radius 1 is 0.870 bits per heavy atom. The predicted molar refractivity (Wildman–Crippen MR) is 181 cm³/mol. The molecule has 0 unspecified atom stereocenters. The summed E-state index contributed by atoms with van der Waals surface area (Å²) in [5.41, 5.74) is 4.95. The van der Waals surface area contributed by atoms with Crippen LogP contribution in [-0.2, 0) is 21.4 Å². The second kappa shape index (κ2) is 14.6. The molecule has 3 aromatic heterocycles. The lowest BCUT2D eigenvalue weighted by Crippen LogP contribution is -2.30. The molecule has 0 radical (unpaired) electrons. The first kappa shape index (κ1) is 32.7. The van der Waals surface area contributed by atoms with Gasteiger partial charge in [0.15, 0.2) is 0 Å². The van der Waals surface area contributed by atoms with Gasteiger partial charge in [-0.25, -0.2) is 19.4 Å². The number of carbonyl (C=O) groups excluding carboxylic acids is 1. The molecule has 0 spiro atoms. The van der Waals surface area contributed by atoms with Crippen LogP contribution >= 0.6 is 0 Å². The minimum absolute atomic E-state index is 0.226. The van der Waals surface area contributed by atoms with Crippen LogP contribution in [0, 0.1) is 6.92 Å². The Balaban J connectivity index is 1.36. The zero-order chi connectivity index (χ0) is 32.7. The molecule has 0 saturated carbocycles. The Morgan fingerprint density at radius 2 is 1.57 bits per heavy atom. The molecule has 3 heterocycles. The summed E-state index contributed by atoms with van der Waals surface area (Å²) in [5.74, 6) is 1.17. The zero-order valence-electron chi connectivity index (χ0n) is 27.4. The number of benzene rings is 2. The van der Waals surface area contributed by atoms with E-state index in [1.165, 1.54) is 0 Å². The van der Waals surface area contributed by atoms with E-state index in [1.54, 1.807) is 31.3 Å². The number of anilines is 2. The van der Waals surface area contributed by atoms with Crippen molar-refractivity contribution in [3.05, 3.63) is 90.4 Å². The van der Waals surface area contributed by atoms with Crippen LogP contribution in [0.3, 0.4) is 0 Å². The highest BCUT2D eigenvalue weighted by Crippen LogP contribution is 2.33. The fourth-order valence-corrected chi connectivity index (χ4v) is 5.08. The first-order valence-electron chi connectivity index (χ1n) is 15.3. The van der Waals surface area contributed by atoms with Crippen molar-refractivity contribution in [1.82, 2.24) is 29.6 Å². The maximum absolute atomic E-state index is 13.4. The lowest BCUT2D eigenvalue weighted by atomic mass is 9.92. The highest BCUT2D eigenvalue weighted by atomic mass is 16.5. The van der Waals surface area contributed by atoms with E-state index >= 15 is 0 Å². The molecule has 2 N–H and O–H groups in total. The molecule has 5 aromatic rings. The molecule has 11 nitrogen and oxygen atoms in total. The number of nitrogens with one attached hydrogen (secondary N) is 2. The van der Waals surface area contributed by atoms with Crippen molar-refractivity contribution in [1.29, 1.82) is 0 Å². The number of urea groups is 1. The Labute approximate surface area is 270 Å². The summed E-state index contributed by atoms with van der Waals surface area (Å²) in [5, 5.41) is 12.7. The van der Waals surface area contributed by atoms with E-state index in [-0.39, 0.29) is 11.4 Å². The number of amides is 2. The van der Waals surface area contributed by atoms with Gasteiger partial charge in [0.05, 0.1) is 42.7 Å². The fourth-order valence-electron chi connectivity index (χ4n) is 5.08. The van der Waals surface area contributed by atoms with Gasteiger partial charge in [-0.2, -0.15) is 5.10 Å². The van der Waals surface area contributed by atoms with Crippen LogP contribution in [0.5, 0.6) is 0 Å². The maximum Gasteiger partial charge on any atom is 0.324 e. The number of fused-ring (bicyclic) bond motifs is 1. The van der Waals surface area contributed by atoms with E-state index in [0.29, 0.717) is 42.8 Å². The average Bonchev–Trinajstić information content (AvgIpc) is 3.47. The lowest BCUT2D eigenvalue weighted by Gasteiger charge is -2.21. The van der Waals surface area contributed by atoms with Crippen molar-refractivity contribution >= 4 is 28.3 Å². The SMILES string of the molecule is COCCN(CCOC)Cc1ccc(-c2ccc(NC(=O)Nc3cc(C(C)(C)C)nn3-c3cnc(C)nc3)c3ccccc23)cn1. The van der Waals surface area contributed by atoms with Crippen LogP contribution < -0.4 is 10.6 Å². The summed E-state index contributed by atoms with van der Waals surface area (Å²) in [6, 6.07) is 17.6. The van der Waals surface area contributed by atoms with E-state index in [2.05, 4.69) is 64.5 Å². The lowest BCUT2D eigenvalue weighted by molar-refractivity contribution is 0.109. The number of aryl methyl sites for hydroxylation is 1. The number of methoxy groups -OCH3 is 2. The minimum atomic E-state index is -0.384. The number of pyridine rings is 1. The first-order valence-corrected chi connectivity index (χ1v) is 15.3. The summed E-state index contributed by atoms with van der Waals surface area (Å²) in [4.78, 5) is 29.1. The number of ether oxygens (including phenoxy) is 2. The summed E-state index contributed by atoms with van der Waals surface area (Å²) >= 11 is 0. The largest absolute Gasteiger partial charge is 0.383 e. The minimum Gasteiger partial charge on any atom is -0.383 e. The molecule has 0 aliphatic heterocycles. The number of rotatable bonds is 12. The Kier molecular flexibility index (Phi) is 10.4. The molecule has 5 rings (SSSR count). The van der Waals surface area contributed by atoms with Gasteiger partial charge in [0.1, 0.15) is 17.3 Å². The molecular weight excluding hydrogens is 580 g/mol. The van der Waals surface area contributed by atoms with Gasteiger partial charge in [0.2, 0.25) is 0 Å². The summed E-state index contributed by atoms with van der Waals surface area (Å²) in [6.07, 6.45) is 5.29. The van der Waals surface area contributed by atoms with Crippen LogP contribution in [0.4, 0.5) is 16.3 Å². The van der Waals surface area contributed by atoms with Crippen LogP contribution in [0.25, 0.3) is 27.6 Å². The molecule has 0 aliphatic carbocycles. The zero-order valence-corrected chi connectivity index (χ0v) is 27.4. The van der Waals surface area contributed by atoms with Crippen molar-refractivity contribution in [2.45, 2.75) is 39.7 Å². The average molecular weight is 623 g/mol. The second-order valence-corrected chi connectivity index (χ2v) is 12.2. The third-order valence-corrected chi connectivity index (χ3v) is 7.65. The molecule has 0 aliphatic rings. The standard InChI is InChI=1S/C35H42N8O3/c1-24-36-21-27(22-37-24)43-33(19-32(41-43)35(2,3)4)40-34(44)39-31-14-13-28(29-9-7-8-10-30(29)31)25-11-12-26(38-20-25)23-42(15-17-45-5)16-18-46-6/h7-14,19-22H,15-18,23H2,1-6H3,(H2,39,40,44). The van der Waals surface area contributed by atoms with E-state index < -0.39 is 0 Å². The molecule has 0 fully saturated rings. The van der Waals surface area contributed by atoms with Crippen LogP contribution in [0.15, 0.2) is 73.2 Å².